The molecule has 103 heavy (non-hydrogen) atoms. The van der Waals surface area contributed by atoms with Crippen LogP contribution in [0, 0.1) is 0 Å². The Morgan fingerprint density at radius 2 is 0.0680 bits per heavy atom. The zero-order valence-electron chi connectivity index (χ0n) is 102. The van der Waals surface area contributed by atoms with E-state index in [9.17, 15) is 0 Å². The van der Waals surface area contributed by atoms with E-state index in [1.807, 2.05) is 623 Å². The van der Waals surface area contributed by atoms with E-state index in [0.717, 1.165) is 0 Å². The Labute approximate surface area is 706 Å². The molecule has 0 aliphatic carbocycles. The Hall–Kier alpha value is 0. The van der Waals surface area contributed by atoms with Crippen LogP contribution in [-0.4, -0.2) is 0 Å². The highest BCUT2D eigenvalue weighted by atomic mass is 13.6. The van der Waals surface area contributed by atoms with E-state index < -0.39 is 0 Å². The zero-order valence-corrected chi connectivity index (χ0v) is 102. The van der Waals surface area contributed by atoms with E-state index in [4.69, 9.17) is 0 Å². The van der Waals surface area contributed by atoms with Gasteiger partial charge in [0.1, 0.15) is 0 Å². The maximum absolute atomic E-state index is 2.18. The van der Waals surface area contributed by atoms with E-state index >= 15 is 0 Å². The molecule has 0 spiro atoms. The first kappa shape index (κ1) is 367. The molecular weight excluding hydrogens is 1240 g/mol. The lowest BCUT2D eigenvalue weighted by Crippen LogP contribution is -1.47. The Kier molecular flexibility index (Phi) is 148000. The molecule has 716 valence electrons. The normalized spacial score (nSPS) is 3.44. The van der Waals surface area contributed by atoms with Gasteiger partial charge >= 0.3 is 0 Å². The molecule has 0 bridgehead atoms. The SMILES string of the molecule is CC.CC.CC.CC.CC.CC.CC.CC.CC.CC.CC.CC.CC.CC.CC.CC.CC.CC.CC.CC.CC.CC.CC.CC.CC.CC.CC.CC.CC.CC.CC.CC.CC.CC.CC.CC.CC.CC.CC.CC.CC.CC.CC.CC.CC.CCC.CCC.CCC.CCCC. The third-order valence-electron chi connectivity index (χ3n) is 0.500. The molecule has 0 amide bonds. The van der Waals surface area contributed by atoms with Gasteiger partial charge in [-0.05, 0) is 0 Å². The van der Waals surface area contributed by atoms with Gasteiger partial charge in [-0.3, -0.25) is 0 Å². The lowest BCUT2D eigenvalue weighted by atomic mass is 10.4. The second-order valence-corrected chi connectivity index (χ2v) is 3.12. The van der Waals surface area contributed by atoms with Crippen LogP contribution < -0.4 is 0 Å². The van der Waals surface area contributed by atoms with Gasteiger partial charge in [-0.15, -0.1) is 0 Å². The summed E-state index contributed by atoms with van der Waals surface area (Å²) in [5.74, 6) is 0. The molecule has 0 aromatic carbocycles. The third-order valence-corrected chi connectivity index (χ3v) is 0.500. The first-order chi connectivity index (χ1) is 51.2. The topological polar surface area (TPSA) is 0 Å². The van der Waals surface area contributed by atoms with Gasteiger partial charge in [0, 0.05) is 0 Å². The van der Waals surface area contributed by atoms with Crippen molar-refractivity contribution in [3.63, 3.8) is 0 Å². The molecule has 0 atom stereocenters. The first-order valence-corrected chi connectivity index (χ1v) is 51.2. The molecule has 0 heterocycles. The summed E-state index contributed by atoms with van der Waals surface area (Å²) in [5.41, 5.74) is 0. The predicted octanol–water partition coefficient (Wildman–Crippen LogP) is 52.2. The molecule has 0 aliphatic heterocycles. The summed E-state index contributed by atoms with van der Waals surface area (Å²) < 4.78 is 0. The highest BCUT2D eigenvalue weighted by Crippen LogP contribution is 1.76. The summed E-state index contributed by atoms with van der Waals surface area (Å²) in [7, 11) is 0. The van der Waals surface area contributed by atoms with Gasteiger partial charge in [0.25, 0.3) is 0 Å². The molecule has 0 saturated carbocycles. The molecule has 0 N–H and O–H groups in total. The van der Waals surface area contributed by atoms with Crippen LogP contribution in [0.25, 0.3) is 0 Å². The van der Waals surface area contributed by atoms with Crippen molar-refractivity contribution in [1.82, 2.24) is 0 Å². The lowest BCUT2D eigenvalue weighted by Gasteiger charge is -1.68. The van der Waals surface area contributed by atoms with Crippen LogP contribution in [0.3, 0.4) is 0 Å². The van der Waals surface area contributed by atoms with Crippen molar-refractivity contribution in [3.8, 4) is 0 Å². The Balaban J connectivity index is -0.00000000616. The molecule has 0 radical (unpaired) electrons. The Morgan fingerprint density at radius 3 is 0.0680 bits per heavy atom. The molecule has 0 aromatic rings. The van der Waals surface area contributed by atoms with Gasteiger partial charge in [0.05, 0.1) is 0 Å². The van der Waals surface area contributed by atoms with Crippen LogP contribution in [0.15, 0.2) is 0 Å². The zero-order chi connectivity index (χ0) is 102. The molecule has 0 heteroatoms. The summed E-state index contributed by atoms with van der Waals surface area (Å²) in [6.45, 7) is 197. The quantitative estimate of drug-likeness (QED) is 0.245. The van der Waals surface area contributed by atoms with E-state index in [0.29, 0.717) is 0 Å². The molecule has 0 saturated heterocycles. The average Bonchev–Trinajstić information content (AvgIpc) is 3.86. The van der Waals surface area contributed by atoms with Gasteiger partial charge in [0.15, 0.2) is 0 Å². The largest absolute Gasteiger partial charge is 0.0683 e. The van der Waals surface area contributed by atoms with E-state index in [1.165, 1.54) is 32.1 Å². The van der Waals surface area contributed by atoms with Gasteiger partial charge in [-0.1, -0.05) is 711 Å². The minimum Gasteiger partial charge on any atom is -0.0683 e. The van der Waals surface area contributed by atoms with Gasteiger partial charge in [-0.2, -0.15) is 0 Å². The van der Waals surface area contributed by atoms with Gasteiger partial charge in [-0.25, -0.2) is 0 Å². The average molecular weight is 1540 g/mol. The highest BCUT2D eigenvalue weighted by molar-refractivity contribution is 4.12. The summed E-state index contributed by atoms with van der Waals surface area (Å²) in [6, 6.07) is 0. The Bertz CT molecular complexity index is 16.5. The van der Waals surface area contributed by atoms with Crippen molar-refractivity contribution in [3.05, 3.63) is 0 Å². The smallest absolute Gasteiger partial charge is 0.0564 e. The van der Waals surface area contributed by atoms with E-state index in [2.05, 4.69) is 55.4 Å². The van der Waals surface area contributed by atoms with Crippen molar-refractivity contribution < 1.29 is 0 Å². The third kappa shape index (κ3) is 1020000. The van der Waals surface area contributed by atoms with E-state index in [-0.39, 0.29) is 0 Å². The fraction of sp³-hybridized carbons (Fsp3) is 1.00. The molecule has 0 nitrogen and oxygen atoms in total. The standard InChI is InChI=1S/C4H10.3C3H8.45C2H6/c1-3-4-2;3*1-3-2;45*1-2/h3-4H2,1-2H3;3*3H2,1-2H3;45*1-2H3. The number of rotatable bonds is 1. The van der Waals surface area contributed by atoms with E-state index in [1.54, 1.807) is 0 Å². The van der Waals surface area contributed by atoms with Crippen molar-refractivity contribution in [2.45, 2.75) is 711 Å². The van der Waals surface area contributed by atoms with Crippen LogP contribution in [-0.2, 0) is 0 Å². The highest BCUT2D eigenvalue weighted by Gasteiger charge is 1.56. The van der Waals surface area contributed by atoms with Crippen molar-refractivity contribution >= 4 is 0 Å². The van der Waals surface area contributed by atoms with Crippen LogP contribution in [0.1, 0.15) is 711 Å². The number of unbranched alkanes of at least 4 members (excludes halogenated alkanes) is 1. The minimum absolute atomic E-state index is 1.25. The lowest BCUT2D eigenvalue weighted by molar-refractivity contribution is 0.886. The maximum Gasteiger partial charge on any atom is -0.0564 e. The second kappa shape index (κ2) is 41600. The summed E-state index contributed by atoms with van der Waals surface area (Å²) in [4.78, 5) is 0. The fourth-order valence-corrected chi connectivity index (χ4v) is 0. The van der Waals surface area contributed by atoms with Gasteiger partial charge < -0.3 is 0 Å². The van der Waals surface area contributed by atoms with Crippen molar-refractivity contribution in [2.75, 3.05) is 0 Å². The summed E-state index contributed by atoms with van der Waals surface area (Å²) >= 11 is 0. The molecule has 0 unspecified atom stereocenters. The van der Waals surface area contributed by atoms with Crippen molar-refractivity contribution in [2.24, 2.45) is 0 Å². The fourth-order valence-electron chi connectivity index (χ4n) is 0. The van der Waals surface area contributed by atoms with Crippen LogP contribution in [0.5, 0.6) is 0 Å². The maximum atomic E-state index is 2.18. The van der Waals surface area contributed by atoms with Crippen LogP contribution in [0.2, 0.25) is 0 Å². The summed E-state index contributed by atoms with van der Waals surface area (Å²) in [5, 5.41) is 0. The molecule has 0 aliphatic rings. The Morgan fingerprint density at radius 1 is 0.0583 bits per heavy atom. The minimum atomic E-state index is 1.25. The van der Waals surface area contributed by atoms with Gasteiger partial charge in [0.2, 0.25) is 0 Å². The molecule has 0 aromatic heterocycles. The van der Waals surface area contributed by atoms with Crippen molar-refractivity contribution in [1.29, 1.82) is 0 Å². The molecule has 0 fully saturated rings. The van der Waals surface area contributed by atoms with Crippen LogP contribution >= 0.6 is 0 Å². The number of hydrogen-bond donors (Lipinski definition) is 0. The number of hydrogen-bond acceptors (Lipinski definition) is 0. The molecule has 0 rings (SSSR count). The predicted molar refractivity (Wildman–Crippen MR) is 579 cm³/mol. The monoisotopic (exact) mass is 1540 g/mol. The summed E-state index contributed by atoms with van der Waals surface area (Å²) in [6.07, 6.45) is 6.39. The molecular formula is C103H304. The first-order valence-electron chi connectivity index (χ1n) is 51.2. The van der Waals surface area contributed by atoms with Crippen LogP contribution in [0.4, 0.5) is 0 Å². The second-order valence-electron chi connectivity index (χ2n) is 3.12.